The summed E-state index contributed by atoms with van der Waals surface area (Å²) in [6, 6.07) is 4.42. The molecule has 8 heteroatoms. The van der Waals surface area contributed by atoms with Gasteiger partial charge in [-0.1, -0.05) is 6.07 Å². The molecule has 0 aromatic heterocycles. The van der Waals surface area contributed by atoms with Gasteiger partial charge in [-0.15, -0.1) is 0 Å². The molecule has 4 unspecified atom stereocenters. The van der Waals surface area contributed by atoms with Gasteiger partial charge in [0.05, 0.1) is 0 Å². The highest BCUT2D eigenvalue weighted by Gasteiger charge is 2.49. The van der Waals surface area contributed by atoms with Crippen molar-refractivity contribution in [1.82, 2.24) is 0 Å². The monoisotopic (exact) mass is 388 g/mol. The molecule has 1 aromatic rings. The van der Waals surface area contributed by atoms with E-state index in [2.05, 4.69) is 4.18 Å². The number of benzene rings is 1. The minimum absolute atomic E-state index is 0.178. The summed E-state index contributed by atoms with van der Waals surface area (Å²) in [6.45, 7) is 0. The van der Waals surface area contributed by atoms with E-state index in [1.807, 2.05) is 0 Å². The summed E-state index contributed by atoms with van der Waals surface area (Å²) in [6.07, 6.45) is 4.90. The fourth-order valence-electron chi connectivity index (χ4n) is 5.20. The van der Waals surface area contributed by atoms with Gasteiger partial charge in [0.1, 0.15) is 11.5 Å². The summed E-state index contributed by atoms with van der Waals surface area (Å²) in [7, 11) is -5.66. The van der Waals surface area contributed by atoms with Crippen LogP contribution in [0.5, 0.6) is 5.75 Å². The van der Waals surface area contributed by atoms with Gasteiger partial charge in [0.2, 0.25) is 0 Å². The molecule has 0 heterocycles. The van der Waals surface area contributed by atoms with Crippen molar-refractivity contribution in [2.75, 3.05) is 0 Å². The second-order valence-corrected chi connectivity index (χ2v) is 9.04. The van der Waals surface area contributed by atoms with Crippen LogP contribution in [-0.2, 0) is 21.3 Å². The van der Waals surface area contributed by atoms with E-state index in [4.69, 9.17) is 0 Å². The molecule has 1 aromatic carbocycles. The van der Waals surface area contributed by atoms with Gasteiger partial charge in [0.15, 0.2) is 0 Å². The van der Waals surface area contributed by atoms with Gasteiger partial charge in [0.25, 0.3) is 0 Å². The van der Waals surface area contributed by atoms with E-state index in [9.17, 15) is 26.4 Å². The minimum atomic E-state index is -5.66. The first-order valence-corrected chi connectivity index (χ1v) is 10.2. The molecule has 2 saturated carbocycles. The van der Waals surface area contributed by atoms with Gasteiger partial charge in [-0.3, -0.25) is 4.79 Å². The van der Waals surface area contributed by atoms with Crippen LogP contribution in [-0.4, -0.2) is 19.7 Å². The average molecular weight is 388 g/mol. The Bertz CT molecular complexity index is 846. The molecule has 0 bridgehead atoms. The van der Waals surface area contributed by atoms with Crippen molar-refractivity contribution >= 4 is 15.9 Å². The van der Waals surface area contributed by atoms with Crippen LogP contribution in [0, 0.1) is 17.8 Å². The Morgan fingerprint density at radius 1 is 0.962 bits per heavy atom. The maximum Gasteiger partial charge on any atom is 0.534 e. The van der Waals surface area contributed by atoms with E-state index in [1.54, 1.807) is 6.07 Å². The molecule has 0 radical (unpaired) electrons. The van der Waals surface area contributed by atoms with Crippen molar-refractivity contribution in [3.63, 3.8) is 0 Å². The van der Waals surface area contributed by atoms with Crippen LogP contribution in [0.1, 0.15) is 49.1 Å². The summed E-state index contributed by atoms with van der Waals surface area (Å²) >= 11 is 0. The zero-order chi connectivity index (χ0) is 18.7. The third-order valence-corrected chi connectivity index (χ3v) is 7.24. The Balaban J connectivity index is 1.59. The van der Waals surface area contributed by atoms with Crippen molar-refractivity contribution in [3.8, 4) is 5.75 Å². The first-order chi connectivity index (χ1) is 12.2. The highest BCUT2D eigenvalue weighted by atomic mass is 32.2. The first-order valence-electron chi connectivity index (χ1n) is 8.83. The van der Waals surface area contributed by atoms with Crippen molar-refractivity contribution in [1.29, 1.82) is 0 Å². The number of carbonyl (C=O) groups is 1. The SMILES string of the molecule is O=C1CCC2C1CCC1c3ccc(OS(=O)(=O)C(F)(F)F)cc3CCC12. The van der Waals surface area contributed by atoms with Crippen LogP contribution >= 0.6 is 0 Å². The molecule has 0 aliphatic heterocycles. The highest BCUT2D eigenvalue weighted by molar-refractivity contribution is 7.88. The largest absolute Gasteiger partial charge is 0.534 e. The van der Waals surface area contributed by atoms with Gasteiger partial charge < -0.3 is 4.18 Å². The Morgan fingerprint density at radius 2 is 1.62 bits per heavy atom. The summed E-state index contributed by atoms with van der Waals surface area (Å²) in [4.78, 5) is 12.0. The van der Waals surface area contributed by atoms with E-state index in [0.717, 1.165) is 36.8 Å². The highest BCUT2D eigenvalue weighted by Crippen LogP contribution is 2.54. The number of halogens is 3. The Kier molecular flexibility index (Phi) is 4.09. The van der Waals surface area contributed by atoms with Crippen LogP contribution in [0.25, 0.3) is 0 Å². The molecule has 4 atom stereocenters. The Hall–Kier alpha value is -1.57. The fourth-order valence-corrected chi connectivity index (χ4v) is 5.65. The number of ketones is 1. The minimum Gasteiger partial charge on any atom is -0.376 e. The summed E-state index contributed by atoms with van der Waals surface area (Å²) in [5.74, 6) is 1.38. The standard InChI is InChI=1S/C18H19F3O4S/c19-18(20,21)26(23,24)25-11-2-4-12-10(9-11)1-3-14-13(12)5-6-16-15(14)7-8-17(16)22/h2,4,9,13-16H,1,3,5-8H2. The third kappa shape index (κ3) is 2.82. The molecular formula is C18H19F3O4S. The second kappa shape index (κ2) is 5.97. The molecule has 142 valence electrons. The van der Waals surface area contributed by atoms with Crippen LogP contribution in [0.2, 0.25) is 0 Å². The lowest BCUT2D eigenvalue weighted by Crippen LogP contribution is -2.35. The van der Waals surface area contributed by atoms with Crippen molar-refractivity contribution in [2.45, 2.75) is 50.0 Å². The molecule has 0 N–H and O–H groups in total. The smallest absolute Gasteiger partial charge is 0.376 e. The molecule has 0 amide bonds. The van der Waals surface area contributed by atoms with Crippen molar-refractivity contribution < 1.29 is 30.6 Å². The first kappa shape index (κ1) is 17.8. The van der Waals surface area contributed by atoms with E-state index >= 15 is 0 Å². The van der Waals surface area contributed by atoms with Crippen LogP contribution in [0.15, 0.2) is 18.2 Å². The lowest BCUT2D eigenvalue weighted by atomic mass is 9.61. The Morgan fingerprint density at radius 3 is 2.35 bits per heavy atom. The number of hydrogen-bond donors (Lipinski definition) is 0. The zero-order valence-electron chi connectivity index (χ0n) is 14.0. The van der Waals surface area contributed by atoms with Gasteiger partial charge in [-0.2, -0.15) is 21.6 Å². The van der Waals surface area contributed by atoms with Gasteiger partial charge in [-0.05, 0) is 73.1 Å². The topological polar surface area (TPSA) is 60.4 Å². The van der Waals surface area contributed by atoms with E-state index in [1.165, 1.54) is 12.1 Å². The van der Waals surface area contributed by atoms with Crippen molar-refractivity contribution in [3.05, 3.63) is 29.3 Å². The maximum absolute atomic E-state index is 12.5. The van der Waals surface area contributed by atoms with Gasteiger partial charge >= 0.3 is 15.6 Å². The third-order valence-electron chi connectivity index (χ3n) is 6.26. The summed E-state index contributed by atoms with van der Waals surface area (Å²) in [5, 5.41) is 0. The van der Waals surface area contributed by atoms with E-state index in [0.29, 0.717) is 36.4 Å². The summed E-state index contributed by atoms with van der Waals surface area (Å²) < 4.78 is 64.1. The molecule has 4 rings (SSSR count). The maximum atomic E-state index is 12.5. The fraction of sp³-hybridized carbons (Fsp3) is 0.611. The molecular weight excluding hydrogens is 369 g/mol. The number of alkyl halides is 3. The average Bonchev–Trinajstić information content (AvgIpc) is 2.94. The second-order valence-electron chi connectivity index (χ2n) is 7.51. The number of rotatable bonds is 2. The predicted molar refractivity (Wildman–Crippen MR) is 87.1 cm³/mol. The number of Topliss-reactive ketones (excluding diaryl/α,β-unsaturated/α-hetero) is 1. The molecule has 0 saturated heterocycles. The quantitative estimate of drug-likeness (QED) is 0.569. The van der Waals surface area contributed by atoms with E-state index in [-0.39, 0.29) is 11.7 Å². The van der Waals surface area contributed by atoms with Gasteiger partial charge in [-0.25, -0.2) is 0 Å². The Labute approximate surface area is 149 Å². The van der Waals surface area contributed by atoms with Crippen molar-refractivity contribution in [2.24, 2.45) is 17.8 Å². The number of hydrogen-bond acceptors (Lipinski definition) is 4. The number of fused-ring (bicyclic) bond motifs is 5. The summed E-state index contributed by atoms with van der Waals surface area (Å²) in [5.41, 5.74) is -3.53. The van der Waals surface area contributed by atoms with Crippen LogP contribution < -0.4 is 4.18 Å². The molecule has 3 aliphatic rings. The van der Waals surface area contributed by atoms with Crippen LogP contribution in [0.3, 0.4) is 0 Å². The van der Waals surface area contributed by atoms with E-state index < -0.39 is 15.6 Å². The number of aryl methyl sites for hydroxylation is 1. The normalized spacial score (nSPS) is 31.1. The van der Waals surface area contributed by atoms with Gasteiger partial charge in [0, 0.05) is 12.3 Å². The van der Waals surface area contributed by atoms with Crippen LogP contribution in [0.4, 0.5) is 13.2 Å². The molecule has 2 fully saturated rings. The predicted octanol–water partition coefficient (Wildman–Crippen LogP) is 3.95. The number of carbonyl (C=O) groups excluding carboxylic acids is 1. The molecule has 4 nitrogen and oxygen atoms in total. The zero-order valence-corrected chi connectivity index (χ0v) is 14.8. The lowest BCUT2D eigenvalue weighted by Gasteiger charge is -2.43. The lowest BCUT2D eigenvalue weighted by molar-refractivity contribution is -0.122. The molecule has 0 spiro atoms. The molecule has 26 heavy (non-hydrogen) atoms. The molecule has 3 aliphatic carbocycles.